The van der Waals surface area contributed by atoms with Crippen molar-refractivity contribution in [1.29, 1.82) is 0 Å². The molecule has 18 heavy (non-hydrogen) atoms. The van der Waals surface area contributed by atoms with Crippen LogP contribution in [0.4, 0.5) is 4.39 Å². The van der Waals surface area contributed by atoms with Crippen LogP contribution in [-0.4, -0.2) is 23.7 Å². The molecule has 1 aromatic rings. The average Bonchev–Trinajstić information content (AvgIpc) is 3.10. The van der Waals surface area contributed by atoms with Crippen LogP contribution in [0.15, 0.2) is 18.2 Å². The first-order valence-electron chi connectivity index (χ1n) is 5.96. The number of benzene rings is 1. The zero-order chi connectivity index (χ0) is 13.1. The van der Waals surface area contributed by atoms with Crippen molar-refractivity contribution in [2.75, 3.05) is 6.61 Å². The van der Waals surface area contributed by atoms with Gasteiger partial charge in [-0.1, -0.05) is 0 Å². The Labute approximate surface area is 105 Å². The highest BCUT2D eigenvalue weighted by Gasteiger charge is 2.23. The fraction of sp³-hybridized carbons (Fsp3) is 0.462. The number of rotatable bonds is 5. The Morgan fingerprint density at radius 3 is 2.94 bits per heavy atom. The van der Waals surface area contributed by atoms with Crippen molar-refractivity contribution in [3.05, 3.63) is 29.6 Å². The number of aliphatic hydroxyl groups excluding tert-OH is 1. The van der Waals surface area contributed by atoms with Crippen LogP contribution >= 0.6 is 0 Å². The lowest BCUT2D eigenvalue weighted by Crippen LogP contribution is -2.30. The molecule has 0 bridgehead atoms. The van der Waals surface area contributed by atoms with E-state index in [1.165, 1.54) is 18.2 Å². The van der Waals surface area contributed by atoms with Gasteiger partial charge in [-0.15, -0.1) is 0 Å². The molecule has 0 saturated heterocycles. The van der Waals surface area contributed by atoms with Gasteiger partial charge in [-0.3, -0.25) is 4.79 Å². The molecule has 2 rings (SSSR count). The number of nitrogens with one attached hydrogen (secondary N) is 1. The van der Waals surface area contributed by atoms with Gasteiger partial charge in [0.2, 0.25) is 0 Å². The van der Waals surface area contributed by atoms with Crippen molar-refractivity contribution >= 4 is 5.91 Å². The minimum Gasteiger partial charge on any atom is -0.483 e. The Morgan fingerprint density at radius 2 is 2.33 bits per heavy atom. The molecule has 0 spiro atoms. The molecule has 1 aromatic carbocycles. The number of hydrogen-bond acceptors (Lipinski definition) is 3. The van der Waals surface area contributed by atoms with E-state index in [1.807, 2.05) is 0 Å². The SMILES string of the molecule is C[C@H](O)c1ccc(F)cc1OCC(=O)NC1CC1. The highest BCUT2D eigenvalue weighted by molar-refractivity contribution is 5.78. The Kier molecular flexibility index (Phi) is 3.81. The molecule has 1 fully saturated rings. The summed E-state index contributed by atoms with van der Waals surface area (Å²) in [6, 6.07) is 4.14. The maximum atomic E-state index is 13.1. The topological polar surface area (TPSA) is 58.6 Å². The molecule has 0 unspecified atom stereocenters. The van der Waals surface area contributed by atoms with Crippen molar-refractivity contribution in [3.63, 3.8) is 0 Å². The van der Waals surface area contributed by atoms with Crippen LogP contribution in [0.1, 0.15) is 31.4 Å². The normalized spacial score (nSPS) is 16.2. The minimum atomic E-state index is -0.771. The summed E-state index contributed by atoms with van der Waals surface area (Å²) in [5.41, 5.74) is 0.468. The second kappa shape index (κ2) is 5.35. The molecule has 0 heterocycles. The molecule has 98 valence electrons. The van der Waals surface area contributed by atoms with E-state index in [9.17, 15) is 14.3 Å². The van der Waals surface area contributed by atoms with E-state index in [4.69, 9.17) is 4.74 Å². The predicted octanol–water partition coefficient (Wildman–Crippen LogP) is 1.54. The third-order valence-corrected chi connectivity index (χ3v) is 2.73. The van der Waals surface area contributed by atoms with Gasteiger partial charge in [-0.2, -0.15) is 0 Å². The van der Waals surface area contributed by atoms with E-state index >= 15 is 0 Å². The quantitative estimate of drug-likeness (QED) is 0.836. The Hall–Kier alpha value is -1.62. The Bertz CT molecular complexity index is 444. The highest BCUT2D eigenvalue weighted by atomic mass is 19.1. The standard InChI is InChI=1S/C13H16FNO3/c1-8(16)11-5-2-9(14)6-12(11)18-7-13(17)15-10-3-4-10/h2,5-6,8,10,16H,3-4,7H2,1H3,(H,15,17)/t8-/m0/s1. The zero-order valence-electron chi connectivity index (χ0n) is 10.1. The van der Waals surface area contributed by atoms with Crippen LogP contribution in [0.3, 0.4) is 0 Å². The minimum absolute atomic E-state index is 0.167. The number of halogens is 1. The summed E-state index contributed by atoms with van der Waals surface area (Å²) in [7, 11) is 0. The second-order valence-corrected chi connectivity index (χ2v) is 4.49. The second-order valence-electron chi connectivity index (χ2n) is 4.49. The van der Waals surface area contributed by atoms with Crippen LogP contribution in [-0.2, 0) is 4.79 Å². The lowest BCUT2D eigenvalue weighted by atomic mass is 10.1. The van der Waals surface area contributed by atoms with E-state index in [0.29, 0.717) is 5.56 Å². The number of aliphatic hydroxyl groups is 1. The van der Waals surface area contributed by atoms with E-state index in [1.54, 1.807) is 6.92 Å². The van der Waals surface area contributed by atoms with Crippen LogP contribution in [0.2, 0.25) is 0 Å². The molecule has 1 aliphatic rings. The molecule has 5 heteroatoms. The lowest BCUT2D eigenvalue weighted by Gasteiger charge is -2.13. The van der Waals surface area contributed by atoms with Crippen LogP contribution in [0, 0.1) is 5.82 Å². The van der Waals surface area contributed by atoms with Gasteiger partial charge in [0.1, 0.15) is 11.6 Å². The molecule has 0 aromatic heterocycles. The smallest absolute Gasteiger partial charge is 0.258 e. The van der Waals surface area contributed by atoms with Crippen LogP contribution in [0.5, 0.6) is 5.75 Å². The molecule has 1 saturated carbocycles. The molecule has 1 atom stereocenters. The van der Waals surface area contributed by atoms with Gasteiger partial charge >= 0.3 is 0 Å². The largest absolute Gasteiger partial charge is 0.483 e. The third kappa shape index (κ3) is 3.43. The molecular weight excluding hydrogens is 237 g/mol. The number of ether oxygens (including phenoxy) is 1. The van der Waals surface area contributed by atoms with E-state index < -0.39 is 11.9 Å². The van der Waals surface area contributed by atoms with Gasteiger partial charge < -0.3 is 15.2 Å². The van der Waals surface area contributed by atoms with E-state index in [-0.39, 0.29) is 24.3 Å². The Balaban J connectivity index is 1.98. The molecule has 0 aliphatic heterocycles. The molecule has 4 nitrogen and oxygen atoms in total. The van der Waals surface area contributed by atoms with Crippen molar-refractivity contribution < 1.29 is 19.0 Å². The number of hydrogen-bond donors (Lipinski definition) is 2. The first-order chi connectivity index (χ1) is 8.56. The maximum Gasteiger partial charge on any atom is 0.258 e. The van der Waals surface area contributed by atoms with Gasteiger partial charge in [0.15, 0.2) is 6.61 Å². The monoisotopic (exact) mass is 253 g/mol. The van der Waals surface area contributed by atoms with Crippen molar-refractivity contribution in [2.24, 2.45) is 0 Å². The van der Waals surface area contributed by atoms with E-state index in [0.717, 1.165) is 12.8 Å². The van der Waals surface area contributed by atoms with Gasteiger partial charge in [0.05, 0.1) is 6.10 Å². The first kappa shape index (κ1) is 12.8. The fourth-order valence-corrected chi connectivity index (χ4v) is 1.62. The van der Waals surface area contributed by atoms with Crippen molar-refractivity contribution in [3.8, 4) is 5.75 Å². The van der Waals surface area contributed by atoms with Crippen molar-refractivity contribution in [1.82, 2.24) is 5.32 Å². The van der Waals surface area contributed by atoms with Gasteiger partial charge in [-0.25, -0.2) is 4.39 Å². The molecule has 0 radical (unpaired) electrons. The van der Waals surface area contributed by atoms with E-state index in [2.05, 4.69) is 5.32 Å². The first-order valence-corrected chi connectivity index (χ1v) is 5.96. The predicted molar refractivity (Wildman–Crippen MR) is 63.7 cm³/mol. The fourth-order valence-electron chi connectivity index (χ4n) is 1.62. The summed E-state index contributed by atoms with van der Waals surface area (Å²) in [6.45, 7) is 1.39. The summed E-state index contributed by atoms with van der Waals surface area (Å²) in [4.78, 5) is 11.4. The molecule has 1 amide bonds. The summed E-state index contributed by atoms with van der Waals surface area (Å²) in [5.74, 6) is -0.480. The summed E-state index contributed by atoms with van der Waals surface area (Å²) < 4.78 is 18.4. The van der Waals surface area contributed by atoms with Crippen LogP contribution < -0.4 is 10.1 Å². The molecule has 2 N–H and O–H groups in total. The van der Waals surface area contributed by atoms with Gasteiger partial charge in [0.25, 0.3) is 5.91 Å². The Morgan fingerprint density at radius 1 is 1.61 bits per heavy atom. The lowest BCUT2D eigenvalue weighted by molar-refractivity contribution is -0.123. The van der Waals surface area contributed by atoms with Gasteiger partial charge in [-0.05, 0) is 31.9 Å². The summed E-state index contributed by atoms with van der Waals surface area (Å²) in [6.07, 6.45) is 1.24. The summed E-state index contributed by atoms with van der Waals surface area (Å²) in [5, 5.41) is 12.3. The number of carbonyl (C=O) groups excluding carboxylic acids is 1. The van der Waals surface area contributed by atoms with Crippen LogP contribution in [0.25, 0.3) is 0 Å². The molecule has 1 aliphatic carbocycles. The number of carbonyl (C=O) groups is 1. The molecular formula is C13H16FNO3. The third-order valence-electron chi connectivity index (χ3n) is 2.73. The van der Waals surface area contributed by atoms with Gasteiger partial charge in [0, 0.05) is 17.7 Å². The maximum absolute atomic E-state index is 13.1. The average molecular weight is 253 g/mol. The van der Waals surface area contributed by atoms with Crippen molar-refractivity contribution in [2.45, 2.75) is 31.9 Å². The number of amides is 1. The summed E-state index contributed by atoms with van der Waals surface area (Å²) >= 11 is 0. The zero-order valence-corrected chi connectivity index (χ0v) is 10.1. The highest BCUT2D eigenvalue weighted by Crippen LogP contribution is 2.26.